The fraction of sp³-hybridized carbons (Fsp3) is 0.250. The van der Waals surface area contributed by atoms with Crippen LogP contribution in [-0.4, -0.2) is 44.5 Å². The average Bonchev–Trinajstić information content (AvgIpc) is 3.52. The zero-order valence-electron chi connectivity index (χ0n) is 22.2. The van der Waals surface area contributed by atoms with Crippen LogP contribution < -0.4 is 20.4 Å². The molecule has 5 rings (SSSR count). The summed E-state index contributed by atoms with van der Waals surface area (Å²) < 4.78 is 5.30. The summed E-state index contributed by atoms with van der Waals surface area (Å²) in [5, 5.41) is 5.99. The van der Waals surface area contributed by atoms with Gasteiger partial charge in [-0.3, -0.25) is 9.59 Å². The minimum absolute atomic E-state index is 0.160. The molecular formula is C32H34N4O3. The lowest BCUT2D eigenvalue weighted by atomic mass is 10.1. The average molecular weight is 523 g/mol. The molecule has 2 amide bonds. The molecule has 0 spiro atoms. The number of benzene rings is 3. The number of anilines is 3. The van der Waals surface area contributed by atoms with E-state index in [4.69, 9.17) is 4.42 Å². The van der Waals surface area contributed by atoms with E-state index in [0.717, 1.165) is 44.7 Å². The van der Waals surface area contributed by atoms with E-state index in [-0.39, 0.29) is 17.6 Å². The number of para-hydroxylation sites is 1. The maximum Gasteiger partial charge on any atom is 0.291 e. The van der Waals surface area contributed by atoms with E-state index in [2.05, 4.69) is 63.8 Å². The highest BCUT2D eigenvalue weighted by atomic mass is 16.3. The molecule has 1 aromatic heterocycles. The number of rotatable bonds is 9. The van der Waals surface area contributed by atoms with Crippen LogP contribution in [0.3, 0.4) is 0 Å². The van der Waals surface area contributed by atoms with Gasteiger partial charge in [-0.2, -0.15) is 0 Å². The van der Waals surface area contributed by atoms with E-state index >= 15 is 0 Å². The number of carbonyl (C=O) groups is 2. The first-order chi connectivity index (χ1) is 19.1. The van der Waals surface area contributed by atoms with Crippen LogP contribution in [0, 0.1) is 6.92 Å². The van der Waals surface area contributed by atoms with Gasteiger partial charge in [-0.1, -0.05) is 48.5 Å². The first kappa shape index (κ1) is 26.1. The van der Waals surface area contributed by atoms with Crippen molar-refractivity contribution in [2.75, 3.05) is 47.8 Å². The lowest BCUT2D eigenvalue weighted by Crippen LogP contribution is -2.47. The Morgan fingerprint density at radius 1 is 0.795 bits per heavy atom. The third-order valence-corrected chi connectivity index (χ3v) is 7.10. The Kier molecular flexibility index (Phi) is 8.26. The van der Waals surface area contributed by atoms with Gasteiger partial charge in [0.05, 0.1) is 17.6 Å². The number of aryl methyl sites for hydroxylation is 2. The predicted molar refractivity (Wildman–Crippen MR) is 156 cm³/mol. The van der Waals surface area contributed by atoms with Crippen molar-refractivity contribution in [3.05, 3.63) is 114 Å². The van der Waals surface area contributed by atoms with Crippen molar-refractivity contribution in [3.8, 4) is 0 Å². The Hall–Kier alpha value is -4.52. The van der Waals surface area contributed by atoms with Gasteiger partial charge in [0.15, 0.2) is 5.76 Å². The largest absolute Gasteiger partial charge is 0.459 e. The Morgan fingerprint density at radius 3 is 2.23 bits per heavy atom. The van der Waals surface area contributed by atoms with Crippen molar-refractivity contribution in [2.24, 2.45) is 0 Å². The van der Waals surface area contributed by atoms with Gasteiger partial charge in [-0.05, 0) is 67.3 Å². The third-order valence-electron chi connectivity index (χ3n) is 7.10. The Bertz CT molecular complexity index is 1390. The van der Waals surface area contributed by atoms with Crippen LogP contribution in [0.5, 0.6) is 0 Å². The maximum atomic E-state index is 13.0. The van der Waals surface area contributed by atoms with Crippen LogP contribution in [0.15, 0.2) is 95.6 Å². The van der Waals surface area contributed by atoms with Crippen molar-refractivity contribution in [3.63, 3.8) is 0 Å². The van der Waals surface area contributed by atoms with Gasteiger partial charge in [-0.15, -0.1) is 0 Å². The van der Waals surface area contributed by atoms with Crippen LogP contribution in [-0.2, 0) is 6.42 Å². The summed E-state index contributed by atoms with van der Waals surface area (Å²) >= 11 is 0. The lowest BCUT2D eigenvalue weighted by molar-refractivity contribution is 0.0951. The van der Waals surface area contributed by atoms with Gasteiger partial charge >= 0.3 is 0 Å². The SMILES string of the molecule is Cc1ccccc1N1CCN(c2ccc(C(=O)NCCCc3ccccc3)cc2NC(=O)c2ccco2)CC1. The Balaban J connectivity index is 1.28. The summed E-state index contributed by atoms with van der Waals surface area (Å²) in [5.74, 6) is -0.284. The first-order valence-corrected chi connectivity index (χ1v) is 13.4. The van der Waals surface area contributed by atoms with Crippen LogP contribution in [0.1, 0.15) is 38.5 Å². The van der Waals surface area contributed by atoms with Gasteiger partial charge in [0.25, 0.3) is 11.8 Å². The molecule has 3 aromatic carbocycles. The molecular weight excluding hydrogens is 488 g/mol. The molecule has 0 unspecified atom stereocenters. The molecule has 39 heavy (non-hydrogen) atoms. The molecule has 7 heteroatoms. The number of hydrogen-bond acceptors (Lipinski definition) is 5. The minimum atomic E-state index is -0.347. The molecule has 7 nitrogen and oxygen atoms in total. The van der Waals surface area contributed by atoms with Crippen molar-refractivity contribution in [1.82, 2.24) is 5.32 Å². The van der Waals surface area contributed by atoms with Gasteiger partial charge in [0.2, 0.25) is 0 Å². The summed E-state index contributed by atoms with van der Waals surface area (Å²) in [4.78, 5) is 30.5. The van der Waals surface area contributed by atoms with Crippen LogP contribution >= 0.6 is 0 Å². The number of amides is 2. The smallest absolute Gasteiger partial charge is 0.291 e. The molecule has 0 bridgehead atoms. The normalized spacial score (nSPS) is 13.3. The maximum absolute atomic E-state index is 13.0. The molecule has 0 atom stereocenters. The van der Waals surface area contributed by atoms with Crippen molar-refractivity contribution < 1.29 is 14.0 Å². The standard InChI is InChI=1S/C32H34N4O3/c1-24-9-5-6-13-28(24)35-18-20-36(21-19-35)29-16-15-26(23-27(29)34-32(38)30-14-8-22-39-30)31(37)33-17-7-12-25-10-3-2-4-11-25/h2-6,8-11,13-16,22-23H,7,12,17-21H2,1H3,(H,33,37)(H,34,38). The van der Waals surface area contributed by atoms with E-state index in [1.807, 2.05) is 30.3 Å². The molecule has 2 N–H and O–H groups in total. The number of piperazine rings is 1. The molecule has 2 heterocycles. The zero-order valence-corrected chi connectivity index (χ0v) is 22.2. The summed E-state index contributed by atoms with van der Waals surface area (Å²) in [5.41, 5.74) is 5.75. The van der Waals surface area contributed by atoms with Gasteiger partial charge < -0.3 is 24.9 Å². The summed E-state index contributed by atoms with van der Waals surface area (Å²) in [6.07, 6.45) is 3.22. The van der Waals surface area contributed by atoms with Gasteiger partial charge in [0.1, 0.15) is 0 Å². The van der Waals surface area contributed by atoms with Crippen molar-refractivity contribution in [2.45, 2.75) is 19.8 Å². The van der Waals surface area contributed by atoms with Crippen LogP contribution in [0.4, 0.5) is 17.1 Å². The topological polar surface area (TPSA) is 77.8 Å². The highest BCUT2D eigenvalue weighted by Gasteiger charge is 2.23. The number of carbonyl (C=O) groups excluding carboxylic acids is 2. The zero-order chi connectivity index (χ0) is 27.0. The van der Waals surface area contributed by atoms with Crippen molar-refractivity contribution in [1.29, 1.82) is 0 Å². The van der Waals surface area contributed by atoms with E-state index < -0.39 is 0 Å². The molecule has 0 radical (unpaired) electrons. The molecule has 1 aliphatic heterocycles. The predicted octanol–water partition coefficient (Wildman–Crippen LogP) is 5.53. The summed E-state index contributed by atoms with van der Waals surface area (Å²) in [7, 11) is 0. The van der Waals surface area contributed by atoms with Gasteiger partial charge in [-0.25, -0.2) is 0 Å². The number of hydrogen-bond donors (Lipinski definition) is 2. The van der Waals surface area contributed by atoms with Crippen LogP contribution in [0.2, 0.25) is 0 Å². The molecule has 1 fully saturated rings. The molecule has 4 aromatic rings. The van der Waals surface area contributed by atoms with E-state index in [0.29, 0.717) is 17.8 Å². The fourth-order valence-corrected chi connectivity index (χ4v) is 4.99. The van der Waals surface area contributed by atoms with Crippen LogP contribution in [0.25, 0.3) is 0 Å². The molecule has 0 saturated carbocycles. The summed E-state index contributed by atoms with van der Waals surface area (Å²) in [6, 6.07) is 27.5. The highest BCUT2D eigenvalue weighted by Crippen LogP contribution is 2.30. The second-order valence-electron chi connectivity index (χ2n) is 9.77. The van der Waals surface area contributed by atoms with Gasteiger partial charge in [0, 0.05) is 44.0 Å². The molecule has 200 valence electrons. The lowest BCUT2D eigenvalue weighted by Gasteiger charge is -2.38. The quantitative estimate of drug-likeness (QED) is 0.283. The number of nitrogens with one attached hydrogen (secondary N) is 2. The second kappa shape index (κ2) is 12.3. The highest BCUT2D eigenvalue weighted by molar-refractivity contribution is 6.05. The third kappa shape index (κ3) is 6.49. The van der Waals surface area contributed by atoms with E-state index in [9.17, 15) is 9.59 Å². The number of nitrogens with zero attached hydrogens (tertiary/aromatic N) is 2. The number of furan rings is 1. The Morgan fingerprint density at radius 2 is 1.51 bits per heavy atom. The van der Waals surface area contributed by atoms with E-state index in [1.54, 1.807) is 18.2 Å². The molecule has 0 aliphatic carbocycles. The monoisotopic (exact) mass is 522 g/mol. The minimum Gasteiger partial charge on any atom is -0.459 e. The van der Waals surface area contributed by atoms with Crippen molar-refractivity contribution >= 4 is 28.9 Å². The van der Waals surface area contributed by atoms with E-state index in [1.165, 1.54) is 23.1 Å². The fourth-order valence-electron chi connectivity index (χ4n) is 4.99. The molecule has 1 saturated heterocycles. The summed E-state index contributed by atoms with van der Waals surface area (Å²) in [6.45, 7) is 6.02. The molecule has 1 aliphatic rings. The first-order valence-electron chi connectivity index (χ1n) is 13.4. The Labute approximate surface area is 229 Å². The second-order valence-corrected chi connectivity index (χ2v) is 9.77.